The van der Waals surface area contributed by atoms with Crippen molar-refractivity contribution in [1.29, 1.82) is 5.26 Å². The summed E-state index contributed by atoms with van der Waals surface area (Å²) in [5.74, 6) is 0.817. The van der Waals surface area contributed by atoms with E-state index >= 15 is 0 Å². The zero-order chi connectivity index (χ0) is 13.7. The topological polar surface area (TPSA) is 96.0 Å². The van der Waals surface area contributed by atoms with E-state index in [1.54, 1.807) is 6.20 Å². The lowest BCUT2D eigenvalue weighted by Crippen LogP contribution is -2.21. The van der Waals surface area contributed by atoms with Gasteiger partial charge in [-0.15, -0.1) is 0 Å². The maximum Gasteiger partial charge on any atom is 0.522 e. The van der Waals surface area contributed by atoms with Gasteiger partial charge in [0, 0.05) is 19.4 Å². The average Bonchev–Trinajstić information content (AvgIpc) is 2.50. The van der Waals surface area contributed by atoms with Gasteiger partial charge in [0.1, 0.15) is 5.82 Å². The van der Waals surface area contributed by atoms with E-state index in [4.69, 9.17) is 18.2 Å². The van der Waals surface area contributed by atoms with E-state index in [1.807, 2.05) is 23.9 Å². The standard InChI is InChI=1S/C6H7N3.CHF3O3S/c1-9-5-4-8-6(9)2-3-7;2-1(3,4)8(5,6)7/h4-5H,2H2,1H3;(H,5,6,7). The van der Waals surface area contributed by atoms with E-state index in [9.17, 15) is 13.2 Å². The van der Waals surface area contributed by atoms with Gasteiger partial charge in [0.05, 0.1) is 12.5 Å². The largest absolute Gasteiger partial charge is 0.522 e. The Hall–Kier alpha value is -1.60. The molecule has 0 amide bonds. The van der Waals surface area contributed by atoms with Crippen LogP contribution in [0.1, 0.15) is 5.82 Å². The van der Waals surface area contributed by atoms with Crippen LogP contribution in [0.25, 0.3) is 0 Å². The van der Waals surface area contributed by atoms with Crippen LogP contribution in [0.2, 0.25) is 0 Å². The molecule has 6 nitrogen and oxygen atoms in total. The summed E-state index contributed by atoms with van der Waals surface area (Å²) in [5, 5.41) is 8.26. The number of halogens is 3. The summed E-state index contributed by atoms with van der Waals surface area (Å²) in [4.78, 5) is 3.95. The molecule has 1 aromatic heterocycles. The van der Waals surface area contributed by atoms with Gasteiger partial charge in [-0.1, -0.05) is 0 Å². The lowest BCUT2D eigenvalue weighted by molar-refractivity contribution is -0.0510. The molecular formula is C7H8F3N3O3S. The van der Waals surface area contributed by atoms with Gasteiger partial charge < -0.3 is 4.57 Å². The third-order valence-corrected chi connectivity index (χ3v) is 2.04. The number of nitrogens with zero attached hydrogens (tertiary/aromatic N) is 3. The zero-order valence-corrected chi connectivity index (χ0v) is 9.33. The first-order chi connectivity index (χ1) is 7.59. The highest BCUT2D eigenvalue weighted by molar-refractivity contribution is 7.86. The van der Waals surface area contributed by atoms with Crippen LogP contribution >= 0.6 is 0 Å². The highest BCUT2D eigenvalue weighted by atomic mass is 32.2. The van der Waals surface area contributed by atoms with Crippen molar-refractivity contribution < 1.29 is 26.1 Å². The Morgan fingerprint density at radius 3 is 2.29 bits per heavy atom. The average molecular weight is 271 g/mol. The molecule has 96 valence electrons. The fraction of sp³-hybridized carbons (Fsp3) is 0.429. The second-order valence-electron chi connectivity index (χ2n) is 2.71. The third kappa shape index (κ3) is 5.32. The summed E-state index contributed by atoms with van der Waals surface area (Å²) >= 11 is 0. The molecule has 1 rings (SSSR count). The van der Waals surface area contributed by atoms with Crippen molar-refractivity contribution >= 4 is 10.1 Å². The van der Waals surface area contributed by atoms with Crippen molar-refractivity contribution in [3.63, 3.8) is 0 Å². The Morgan fingerprint density at radius 1 is 1.59 bits per heavy atom. The highest BCUT2D eigenvalue weighted by Gasteiger charge is 2.44. The molecule has 0 unspecified atom stereocenters. The Morgan fingerprint density at radius 2 is 2.06 bits per heavy atom. The zero-order valence-electron chi connectivity index (χ0n) is 8.51. The molecule has 1 N–H and O–H groups in total. The van der Waals surface area contributed by atoms with Gasteiger partial charge >= 0.3 is 15.6 Å². The Kier molecular flexibility index (Phi) is 5.11. The first kappa shape index (κ1) is 15.4. The maximum atomic E-state index is 10.7. The number of hydrogen-bond acceptors (Lipinski definition) is 4. The predicted molar refractivity (Wildman–Crippen MR) is 50.1 cm³/mol. The van der Waals surface area contributed by atoms with Gasteiger partial charge in [-0.05, 0) is 0 Å². The van der Waals surface area contributed by atoms with Crippen molar-refractivity contribution in [2.24, 2.45) is 7.05 Å². The van der Waals surface area contributed by atoms with Crippen molar-refractivity contribution in [2.45, 2.75) is 11.9 Å². The Balaban J connectivity index is 0.000000304. The van der Waals surface area contributed by atoms with Crippen molar-refractivity contribution in [2.75, 3.05) is 0 Å². The summed E-state index contributed by atoms with van der Waals surface area (Å²) in [6, 6.07) is 2.03. The van der Waals surface area contributed by atoms with E-state index in [0.29, 0.717) is 6.42 Å². The fourth-order valence-corrected chi connectivity index (χ4v) is 0.638. The predicted octanol–water partition coefficient (Wildman–Crippen LogP) is 0.880. The highest BCUT2D eigenvalue weighted by Crippen LogP contribution is 2.20. The first-order valence-electron chi connectivity index (χ1n) is 3.96. The lowest BCUT2D eigenvalue weighted by Gasteiger charge is -1.97. The van der Waals surface area contributed by atoms with Crippen LogP contribution in [0.5, 0.6) is 0 Å². The molecule has 0 spiro atoms. The van der Waals surface area contributed by atoms with Crippen LogP contribution in [0.4, 0.5) is 13.2 Å². The monoisotopic (exact) mass is 271 g/mol. The van der Waals surface area contributed by atoms with Gasteiger partial charge in [0.2, 0.25) is 0 Å². The van der Waals surface area contributed by atoms with Gasteiger partial charge in [-0.2, -0.15) is 26.9 Å². The second-order valence-corrected chi connectivity index (χ2v) is 4.12. The van der Waals surface area contributed by atoms with Gasteiger partial charge in [-0.3, -0.25) is 4.55 Å². The number of alkyl halides is 3. The van der Waals surface area contributed by atoms with E-state index in [2.05, 4.69) is 4.98 Å². The van der Waals surface area contributed by atoms with Crippen LogP contribution in [-0.4, -0.2) is 28.0 Å². The molecule has 0 radical (unpaired) electrons. The van der Waals surface area contributed by atoms with Gasteiger partial charge in [0.25, 0.3) is 0 Å². The number of imidazole rings is 1. The number of hydrogen-bond donors (Lipinski definition) is 1. The van der Waals surface area contributed by atoms with Gasteiger partial charge in [0.15, 0.2) is 0 Å². The molecule has 0 aliphatic heterocycles. The molecule has 17 heavy (non-hydrogen) atoms. The van der Waals surface area contributed by atoms with Crippen molar-refractivity contribution in [3.05, 3.63) is 18.2 Å². The smallest absolute Gasteiger partial charge is 0.337 e. The number of aryl methyl sites for hydroxylation is 1. The van der Waals surface area contributed by atoms with Crippen LogP contribution in [-0.2, 0) is 23.6 Å². The third-order valence-electron chi connectivity index (χ3n) is 1.45. The van der Waals surface area contributed by atoms with Crippen LogP contribution in [0.3, 0.4) is 0 Å². The lowest BCUT2D eigenvalue weighted by atomic mass is 10.4. The minimum atomic E-state index is -5.84. The number of rotatable bonds is 1. The minimum absolute atomic E-state index is 0.392. The van der Waals surface area contributed by atoms with Crippen LogP contribution in [0, 0.1) is 11.3 Å². The van der Waals surface area contributed by atoms with Gasteiger partial charge in [-0.25, -0.2) is 4.98 Å². The van der Waals surface area contributed by atoms with Crippen molar-refractivity contribution in [1.82, 2.24) is 9.55 Å². The van der Waals surface area contributed by atoms with E-state index < -0.39 is 15.6 Å². The summed E-state index contributed by atoms with van der Waals surface area (Å²) in [6.45, 7) is 0. The molecule has 0 aliphatic carbocycles. The molecular weight excluding hydrogens is 263 g/mol. The molecule has 1 heterocycles. The summed E-state index contributed by atoms with van der Waals surface area (Å²) < 4.78 is 59.4. The Bertz CT molecular complexity index is 500. The summed E-state index contributed by atoms with van der Waals surface area (Å²) in [6.07, 6.45) is 3.91. The summed E-state index contributed by atoms with van der Waals surface area (Å²) in [5.41, 5.74) is -5.53. The molecule has 0 saturated heterocycles. The normalized spacial score (nSPS) is 11.3. The summed E-state index contributed by atoms with van der Waals surface area (Å²) in [7, 11) is -3.97. The molecule has 0 bridgehead atoms. The second kappa shape index (κ2) is 5.65. The molecule has 0 fully saturated rings. The Labute approximate surface area is 95.1 Å². The fourth-order valence-electron chi connectivity index (χ4n) is 0.638. The number of nitriles is 1. The maximum absolute atomic E-state index is 10.7. The van der Waals surface area contributed by atoms with E-state index in [1.165, 1.54) is 0 Å². The minimum Gasteiger partial charge on any atom is -0.337 e. The SMILES string of the molecule is Cn1ccnc1CC#N.O=S(=O)(O)C(F)(F)F. The molecule has 0 atom stereocenters. The van der Waals surface area contributed by atoms with Crippen LogP contribution < -0.4 is 0 Å². The van der Waals surface area contributed by atoms with Crippen molar-refractivity contribution in [3.8, 4) is 6.07 Å². The van der Waals surface area contributed by atoms with E-state index in [0.717, 1.165) is 5.82 Å². The first-order valence-corrected chi connectivity index (χ1v) is 5.40. The molecule has 10 heteroatoms. The molecule has 1 aromatic rings. The van der Waals surface area contributed by atoms with Crippen LogP contribution in [0.15, 0.2) is 12.4 Å². The molecule has 0 aliphatic rings. The number of aromatic nitrogens is 2. The molecule has 0 aromatic carbocycles. The van der Waals surface area contributed by atoms with E-state index in [-0.39, 0.29) is 0 Å². The quantitative estimate of drug-likeness (QED) is 0.604. The molecule has 0 saturated carbocycles.